The topological polar surface area (TPSA) is 78.9 Å². The van der Waals surface area contributed by atoms with Gasteiger partial charge in [0.15, 0.2) is 0 Å². The van der Waals surface area contributed by atoms with Gasteiger partial charge < -0.3 is 20.1 Å². The molecule has 0 spiro atoms. The first-order valence-electron chi connectivity index (χ1n) is 8.26. The summed E-state index contributed by atoms with van der Waals surface area (Å²) in [6, 6.07) is 9.10. The second kappa shape index (κ2) is 9.48. The maximum atomic E-state index is 12.8. The van der Waals surface area contributed by atoms with Crippen LogP contribution in [0.2, 0.25) is 10.0 Å². The Hall–Kier alpha value is -2.44. The van der Waals surface area contributed by atoms with E-state index in [1.54, 1.807) is 18.2 Å². The first kappa shape index (κ1) is 20.9. The van der Waals surface area contributed by atoms with E-state index in [4.69, 9.17) is 27.9 Å². The van der Waals surface area contributed by atoms with Crippen LogP contribution in [0.25, 0.3) is 0 Å². The molecule has 2 amide bonds. The van der Waals surface area contributed by atoms with Crippen LogP contribution in [-0.2, 0) is 4.79 Å². The molecule has 0 atom stereocenters. The van der Waals surface area contributed by atoms with Gasteiger partial charge in [0, 0.05) is 17.6 Å². The third-order valence-electron chi connectivity index (χ3n) is 3.76. The minimum Gasteiger partial charge on any atom is -0.507 e. The van der Waals surface area contributed by atoms with Gasteiger partial charge in [-0.15, -0.1) is 0 Å². The number of halogens is 2. The molecular weight excluding hydrogens is 391 g/mol. The zero-order chi connectivity index (χ0) is 20.0. The zero-order valence-electron chi connectivity index (χ0n) is 15.0. The van der Waals surface area contributed by atoms with Crippen molar-refractivity contribution in [2.45, 2.75) is 13.3 Å². The number of phenolic OH excluding ortho intramolecular Hbond substituents is 1. The molecule has 0 aromatic heterocycles. The average molecular weight is 411 g/mol. The molecular formula is C19H20Cl2N2O4. The van der Waals surface area contributed by atoms with Crippen LogP contribution in [0.4, 0.5) is 5.69 Å². The number of carbonyl (C=O) groups excluding carboxylic acids is 2. The summed E-state index contributed by atoms with van der Waals surface area (Å²) in [4.78, 5) is 26.5. The molecule has 6 nitrogen and oxygen atoms in total. The number of phenols is 1. The van der Waals surface area contributed by atoms with Crippen molar-refractivity contribution in [1.29, 1.82) is 0 Å². The van der Waals surface area contributed by atoms with Crippen molar-refractivity contribution in [2.24, 2.45) is 0 Å². The first-order valence-corrected chi connectivity index (χ1v) is 9.02. The zero-order valence-corrected chi connectivity index (χ0v) is 16.5. The van der Waals surface area contributed by atoms with E-state index in [1.807, 2.05) is 6.92 Å². The van der Waals surface area contributed by atoms with E-state index in [2.05, 4.69) is 5.32 Å². The number of methoxy groups -OCH3 is 1. The average Bonchev–Trinajstić information content (AvgIpc) is 2.63. The number of benzene rings is 2. The summed E-state index contributed by atoms with van der Waals surface area (Å²) in [5.74, 6) is -0.633. The van der Waals surface area contributed by atoms with Crippen LogP contribution < -0.4 is 10.1 Å². The molecule has 0 aliphatic heterocycles. The first-order chi connectivity index (χ1) is 12.8. The number of nitrogens with zero attached hydrogens (tertiary/aromatic N) is 1. The molecule has 0 unspecified atom stereocenters. The Morgan fingerprint density at radius 1 is 1.19 bits per heavy atom. The minimum absolute atomic E-state index is 0.0987. The van der Waals surface area contributed by atoms with Crippen LogP contribution in [-0.4, -0.2) is 42.0 Å². The number of hydrogen-bond acceptors (Lipinski definition) is 4. The Morgan fingerprint density at radius 3 is 2.52 bits per heavy atom. The molecule has 2 rings (SSSR count). The summed E-state index contributed by atoms with van der Waals surface area (Å²) in [5, 5.41) is 13.5. The van der Waals surface area contributed by atoms with Crippen molar-refractivity contribution in [3.05, 3.63) is 52.0 Å². The summed E-state index contributed by atoms with van der Waals surface area (Å²) < 4.78 is 5.02. The molecule has 0 aliphatic carbocycles. The highest BCUT2D eigenvalue weighted by Crippen LogP contribution is 2.26. The largest absolute Gasteiger partial charge is 0.507 e. The second-order valence-corrected chi connectivity index (χ2v) is 6.63. The normalized spacial score (nSPS) is 10.4. The quantitative estimate of drug-likeness (QED) is 0.716. The lowest BCUT2D eigenvalue weighted by Gasteiger charge is -2.22. The van der Waals surface area contributed by atoms with Crippen LogP contribution in [0.1, 0.15) is 23.7 Å². The summed E-state index contributed by atoms with van der Waals surface area (Å²) in [6.45, 7) is 2.06. The van der Waals surface area contributed by atoms with Gasteiger partial charge in [0.1, 0.15) is 18.0 Å². The lowest BCUT2D eigenvalue weighted by molar-refractivity contribution is -0.116. The summed E-state index contributed by atoms with van der Waals surface area (Å²) in [7, 11) is 1.46. The Kier molecular flexibility index (Phi) is 7.33. The summed E-state index contributed by atoms with van der Waals surface area (Å²) in [5.41, 5.74) is 0.504. The fourth-order valence-electron chi connectivity index (χ4n) is 2.47. The van der Waals surface area contributed by atoms with E-state index in [9.17, 15) is 14.7 Å². The van der Waals surface area contributed by atoms with Crippen molar-refractivity contribution < 1.29 is 19.4 Å². The number of carbonyl (C=O) groups is 2. The molecule has 27 heavy (non-hydrogen) atoms. The van der Waals surface area contributed by atoms with Gasteiger partial charge in [0.05, 0.1) is 23.4 Å². The summed E-state index contributed by atoms with van der Waals surface area (Å²) in [6.07, 6.45) is 0.650. The van der Waals surface area contributed by atoms with Gasteiger partial charge in [-0.05, 0) is 36.8 Å². The lowest BCUT2D eigenvalue weighted by Crippen LogP contribution is -2.38. The molecule has 2 N–H and O–H groups in total. The minimum atomic E-state index is -0.450. The third-order valence-corrected chi connectivity index (χ3v) is 4.30. The summed E-state index contributed by atoms with van der Waals surface area (Å²) >= 11 is 11.9. The number of rotatable bonds is 7. The molecule has 8 heteroatoms. The van der Waals surface area contributed by atoms with Crippen LogP contribution in [0.5, 0.6) is 11.5 Å². The van der Waals surface area contributed by atoms with Crippen molar-refractivity contribution >= 4 is 40.7 Å². The highest BCUT2D eigenvalue weighted by atomic mass is 35.5. The standard InChI is InChI=1S/C19H20Cl2N2O4/c1-3-8-23(19(26)14-6-5-13(27-2)10-17(14)24)11-18(25)22-16-7-4-12(20)9-15(16)21/h4-7,9-10,24H,3,8,11H2,1-2H3,(H,22,25). The second-order valence-electron chi connectivity index (χ2n) is 5.78. The Labute approximate surface area is 167 Å². The maximum absolute atomic E-state index is 12.8. The third kappa shape index (κ3) is 5.52. The van der Waals surface area contributed by atoms with Gasteiger partial charge in [-0.25, -0.2) is 0 Å². The molecule has 2 aromatic rings. The Bertz CT molecular complexity index is 842. The Balaban J connectivity index is 2.14. The van der Waals surface area contributed by atoms with E-state index in [-0.39, 0.29) is 17.9 Å². The molecule has 0 heterocycles. The predicted molar refractivity (Wildman–Crippen MR) is 106 cm³/mol. The molecule has 2 aromatic carbocycles. The molecule has 0 aliphatic rings. The van der Waals surface area contributed by atoms with Crippen molar-refractivity contribution in [2.75, 3.05) is 25.5 Å². The van der Waals surface area contributed by atoms with Crippen molar-refractivity contribution in [3.63, 3.8) is 0 Å². The van der Waals surface area contributed by atoms with E-state index >= 15 is 0 Å². The van der Waals surface area contributed by atoms with Crippen LogP contribution >= 0.6 is 23.2 Å². The number of ether oxygens (including phenoxy) is 1. The van der Waals surface area contributed by atoms with Crippen LogP contribution in [0.3, 0.4) is 0 Å². The maximum Gasteiger partial charge on any atom is 0.258 e. The highest BCUT2D eigenvalue weighted by molar-refractivity contribution is 6.36. The van der Waals surface area contributed by atoms with Crippen LogP contribution in [0, 0.1) is 0 Å². The van der Waals surface area contributed by atoms with E-state index < -0.39 is 11.8 Å². The molecule has 0 radical (unpaired) electrons. The molecule has 0 saturated carbocycles. The molecule has 0 fully saturated rings. The van der Waals surface area contributed by atoms with Gasteiger partial charge in [-0.3, -0.25) is 9.59 Å². The highest BCUT2D eigenvalue weighted by Gasteiger charge is 2.21. The molecule has 0 saturated heterocycles. The van der Waals surface area contributed by atoms with E-state index in [0.717, 1.165) is 0 Å². The number of nitrogens with one attached hydrogen (secondary N) is 1. The monoisotopic (exact) mass is 410 g/mol. The van der Waals surface area contributed by atoms with Crippen molar-refractivity contribution in [1.82, 2.24) is 4.90 Å². The van der Waals surface area contributed by atoms with Gasteiger partial charge in [0.25, 0.3) is 5.91 Å². The van der Waals surface area contributed by atoms with E-state index in [0.29, 0.717) is 34.4 Å². The number of hydrogen-bond donors (Lipinski definition) is 2. The lowest BCUT2D eigenvalue weighted by atomic mass is 10.1. The fraction of sp³-hybridized carbons (Fsp3) is 0.263. The number of amides is 2. The number of aromatic hydroxyl groups is 1. The van der Waals surface area contributed by atoms with Gasteiger partial charge in [0.2, 0.25) is 5.91 Å². The fourth-order valence-corrected chi connectivity index (χ4v) is 2.92. The molecule has 0 bridgehead atoms. The van der Waals surface area contributed by atoms with Crippen molar-refractivity contribution in [3.8, 4) is 11.5 Å². The van der Waals surface area contributed by atoms with Gasteiger partial charge >= 0.3 is 0 Å². The van der Waals surface area contributed by atoms with Gasteiger partial charge in [-0.2, -0.15) is 0 Å². The van der Waals surface area contributed by atoms with Gasteiger partial charge in [-0.1, -0.05) is 30.1 Å². The van der Waals surface area contributed by atoms with E-state index in [1.165, 1.54) is 30.2 Å². The SMILES string of the molecule is CCCN(CC(=O)Nc1ccc(Cl)cc1Cl)C(=O)c1ccc(OC)cc1O. The molecule has 144 valence electrons. The number of anilines is 1. The Morgan fingerprint density at radius 2 is 1.93 bits per heavy atom. The van der Waals surface area contributed by atoms with Crippen LogP contribution in [0.15, 0.2) is 36.4 Å². The smallest absolute Gasteiger partial charge is 0.258 e. The predicted octanol–water partition coefficient (Wildman–Crippen LogP) is 4.20.